The third kappa shape index (κ3) is 1.75. The van der Waals surface area contributed by atoms with Crippen molar-refractivity contribution < 1.29 is 9.90 Å². The number of nitriles is 2. The van der Waals surface area contributed by atoms with Gasteiger partial charge in [-0.25, -0.2) is 0 Å². The lowest BCUT2D eigenvalue weighted by Crippen LogP contribution is -2.17. The van der Waals surface area contributed by atoms with Crippen LogP contribution in [-0.4, -0.2) is 11.1 Å². The van der Waals surface area contributed by atoms with E-state index in [-0.39, 0.29) is 0 Å². The van der Waals surface area contributed by atoms with E-state index < -0.39 is 17.8 Å². The smallest absolute Gasteiger partial charge is 0.308 e. The standard InChI is InChI=1S/C6H6N2O2/c1-4(6(9)10)5(2-7)3-8/h4-5H,1H3,(H,9,10). The van der Waals surface area contributed by atoms with Crippen LogP contribution in [0.3, 0.4) is 0 Å². The molecule has 0 aromatic heterocycles. The molecular weight excluding hydrogens is 132 g/mol. The molecule has 0 saturated carbocycles. The molecule has 4 heteroatoms. The summed E-state index contributed by atoms with van der Waals surface area (Å²) in [5.74, 6) is -3.07. The van der Waals surface area contributed by atoms with E-state index in [0.717, 1.165) is 0 Å². The zero-order valence-electron chi connectivity index (χ0n) is 5.40. The summed E-state index contributed by atoms with van der Waals surface area (Å²) in [4.78, 5) is 10.2. The van der Waals surface area contributed by atoms with Crippen LogP contribution in [0.4, 0.5) is 0 Å². The molecule has 0 spiro atoms. The van der Waals surface area contributed by atoms with Crippen molar-refractivity contribution in [2.24, 2.45) is 11.8 Å². The maximum Gasteiger partial charge on any atom is 0.308 e. The summed E-state index contributed by atoms with van der Waals surface area (Å²) >= 11 is 0. The summed E-state index contributed by atoms with van der Waals surface area (Å²) in [5.41, 5.74) is 0. The molecule has 0 heterocycles. The van der Waals surface area contributed by atoms with Crippen molar-refractivity contribution in [2.75, 3.05) is 0 Å². The van der Waals surface area contributed by atoms with Crippen LogP contribution in [-0.2, 0) is 4.79 Å². The average Bonchev–Trinajstić information content (AvgIpc) is 1.90. The molecule has 52 valence electrons. The molecule has 0 amide bonds. The SMILES string of the molecule is CC(C(=O)O)C(C#N)C#N. The molecule has 0 saturated heterocycles. The fraction of sp³-hybridized carbons (Fsp3) is 0.500. The topological polar surface area (TPSA) is 84.9 Å². The van der Waals surface area contributed by atoms with E-state index in [4.69, 9.17) is 15.6 Å². The predicted octanol–water partition coefficient (Wildman–Crippen LogP) is 0.370. The zero-order chi connectivity index (χ0) is 8.15. The minimum absolute atomic E-state index is 0.907. The number of hydrogen-bond donors (Lipinski definition) is 1. The largest absolute Gasteiger partial charge is 0.481 e. The zero-order valence-corrected chi connectivity index (χ0v) is 5.40. The molecule has 4 nitrogen and oxygen atoms in total. The number of rotatable bonds is 2. The van der Waals surface area contributed by atoms with Crippen molar-refractivity contribution in [3.8, 4) is 12.1 Å². The van der Waals surface area contributed by atoms with Crippen LogP contribution in [0.1, 0.15) is 6.92 Å². The summed E-state index contributed by atoms with van der Waals surface area (Å²) in [6, 6.07) is 3.18. The maximum atomic E-state index is 10.2. The number of aliphatic carboxylic acids is 1. The second-order valence-corrected chi connectivity index (χ2v) is 1.86. The predicted molar refractivity (Wildman–Crippen MR) is 31.5 cm³/mol. The van der Waals surface area contributed by atoms with E-state index in [1.54, 1.807) is 12.1 Å². The van der Waals surface area contributed by atoms with Gasteiger partial charge >= 0.3 is 5.97 Å². The van der Waals surface area contributed by atoms with Gasteiger partial charge in [0.15, 0.2) is 0 Å². The van der Waals surface area contributed by atoms with Gasteiger partial charge in [-0.3, -0.25) is 4.79 Å². The fourth-order valence-electron chi connectivity index (χ4n) is 0.395. The molecule has 0 aliphatic rings. The van der Waals surface area contributed by atoms with E-state index in [1.165, 1.54) is 6.92 Å². The van der Waals surface area contributed by atoms with E-state index in [1.807, 2.05) is 0 Å². The molecule has 10 heavy (non-hydrogen) atoms. The number of nitrogens with zero attached hydrogens (tertiary/aromatic N) is 2. The third-order valence-corrected chi connectivity index (χ3v) is 1.17. The van der Waals surface area contributed by atoms with Crippen LogP contribution in [0.25, 0.3) is 0 Å². The van der Waals surface area contributed by atoms with Crippen molar-refractivity contribution in [1.82, 2.24) is 0 Å². The van der Waals surface area contributed by atoms with Gasteiger partial charge < -0.3 is 5.11 Å². The van der Waals surface area contributed by atoms with Gasteiger partial charge in [0.1, 0.15) is 5.92 Å². The first-order valence-electron chi connectivity index (χ1n) is 2.65. The summed E-state index contributed by atoms with van der Waals surface area (Å²) in [6.45, 7) is 1.33. The molecule has 0 aromatic carbocycles. The number of carbonyl (C=O) groups is 1. The van der Waals surface area contributed by atoms with Crippen LogP contribution in [0.15, 0.2) is 0 Å². The molecule has 1 N–H and O–H groups in total. The van der Waals surface area contributed by atoms with E-state index in [9.17, 15) is 4.79 Å². The molecule has 1 unspecified atom stereocenters. The third-order valence-electron chi connectivity index (χ3n) is 1.17. The lowest BCUT2D eigenvalue weighted by atomic mass is 9.98. The molecule has 0 bridgehead atoms. The van der Waals surface area contributed by atoms with Crippen molar-refractivity contribution in [3.63, 3.8) is 0 Å². The molecule has 0 aliphatic heterocycles. The van der Waals surface area contributed by atoms with Gasteiger partial charge in [0.2, 0.25) is 0 Å². The Morgan fingerprint density at radius 3 is 2.00 bits per heavy atom. The number of carboxylic acids is 1. The first-order chi connectivity index (χ1) is 4.63. The fourth-order valence-corrected chi connectivity index (χ4v) is 0.395. The highest BCUT2D eigenvalue weighted by molar-refractivity contribution is 5.70. The van der Waals surface area contributed by atoms with Crippen LogP contribution >= 0.6 is 0 Å². The lowest BCUT2D eigenvalue weighted by molar-refractivity contribution is -0.141. The summed E-state index contributed by atoms with van der Waals surface area (Å²) in [5, 5.41) is 24.7. The minimum atomic E-state index is -1.12. The Labute approximate surface area is 58.3 Å². The molecule has 0 rings (SSSR count). The molecule has 1 atom stereocenters. The van der Waals surface area contributed by atoms with E-state index >= 15 is 0 Å². The lowest BCUT2D eigenvalue weighted by Gasteiger charge is -2.02. The van der Waals surface area contributed by atoms with Crippen LogP contribution in [0.5, 0.6) is 0 Å². The maximum absolute atomic E-state index is 10.2. The number of hydrogen-bond acceptors (Lipinski definition) is 3. The highest BCUT2D eigenvalue weighted by Gasteiger charge is 2.22. The van der Waals surface area contributed by atoms with Gasteiger partial charge in [-0.15, -0.1) is 0 Å². The highest BCUT2D eigenvalue weighted by Crippen LogP contribution is 2.08. The Bertz CT molecular complexity index is 197. The van der Waals surface area contributed by atoms with Gasteiger partial charge in [-0.2, -0.15) is 10.5 Å². The molecule has 0 radical (unpaired) electrons. The first-order valence-corrected chi connectivity index (χ1v) is 2.65. The molecular formula is C6H6N2O2. The molecule has 0 fully saturated rings. The van der Waals surface area contributed by atoms with Gasteiger partial charge in [-0.05, 0) is 6.92 Å². The summed E-state index contributed by atoms with van der Waals surface area (Å²) < 4.78 is 0. The van der Waals surface area contributed by atoms with Crippen LogP contribution in [0, 0.1) is 34.5 Å². The normalized spacial score (nSPS) is 11.6. The second kappa shape index (κ2) is 3.47. The summed E-state index contributed by atoms with van der Waals surface area (Å²) in [6.07, 6.45) is 0. The Morgan fingerprint density at radius 2 is 1.90 bits per heavy atom. The van der Waals surface area contributed by atoms with Crippen LogP contribution in [0.2, 0.25) is 0 Å². The molecule has 0 aromatic rings. The first kappa shape index (κ1) is 8.45. The average molecular weight is 138 g/mol. The van der Waals surface area contributed by atoms with Gasteiger partial charge in [0.25, 0.3) is 0 Å². The quantitative estimate of drug-likeness (QED) is 0.597. The molecule has 0 aliphatic carbocycles. The van der Waals surface area contributed by atoms with E-state index in [0.29, 0.717) is 0 Å². The van der Waals surface area contributed by atoms with E-state index in [2.05, 4.69) is 0 Å². The second-order valence-electron chi connectivity index (χ2n) is 1.86. The monoisotopic (exact) mass is 138 g/mol. The minimum Gasteiger partial charge on any atom is -0.481 e. The Balaban J connectivity index is 4.23. The highest BCUT2D eigenvalue weighted by atomic mass is 16.4. The van der Waals surface area contributed by atoms with Crippen molar-refractivity contribution >= 4 is 5.97 Å². The van der Waals surface area contributed by atoms with Gasteiger partial charge in [-0.1, -0.05) is 0 Å². The summed E-state index contributed by atoms with van der Waals surface area (Å²) in [7, 11) is 0. The van der Waals surface area contributed by atoms with Crippen molar-refractivity contribution in [2.45, 2.75) is 6.92 Å². The van der Waals surface area contributed by atoms with Crippen LogP contribution < -0.4 is 0 Å². The Morgan fingerprint density at radius 1 is 1.50 bits per heavy atom. The Kier molecular flexibility index (Phi) is 2.93. The van der Waals surface area contributed by atoms with Crippen molar-refractivity contribution in [1.29, 1.82) is 10.5 Å². The number of carboxylic acid groups (broad SMARTS) is 1. The van der Waals surface area contributed by atoms with Gasteiger partial charge in [0, 0.05) is 0 Å². The van der Waals surface area contributed by atoms with Crippen molar-refractivity contribution in [3.05, 3.63) is 0 Å². The van der Waals surface area contributed by atoms with Gasteiger partial charge in [0.05, 0.1) is 18.1 Å². The Hall–Kier alpha value is -1.55.